The molecule has 0 saturated heterocycles. The molecule has 2 rings (SSSR count). The van der Waals surface area contributed by atoms with Crippen LogP contribution in [0.5, 0.6) is 0 Å². The molecule has 1 heterocycles. The van der Waals surface area contributed by atoms with Crippen LogP contribution in [0.3, 0.4) is 0 Å². The van der Waals surface area contributed by atoms with Crippen molar-refractivity contribution in [3.05, 3.63) is 18.2 Å². The molecular formula is C18H30N4O5. The lowest BCUT2D eigenvalue weighted by atomic mass is 10.1. The molecule has 1 aromatic rings. The summed E-state index contributed by atoms with van der Waals surface area (Å²) in [5.41, 5.74) is 6.00. The first kappa shape index (κ1) is 22.6. The van der Waals surface area contributed by atoms with Crippen LogP contribution in [0.1, 0.15) is 57.6 Å². The summed E-state index contributed by atoms with van der Waals surface area (Å²) in [5.74, 6) is -0.906. The van der Waals surface area contributed by atoms with Crippen molar-refractivity contribution in [2.45, 2.75) is 70.4 Å². The average Bonchev–Trinajstić information content (AvgIpc) is 3.09. The molecule has 1 unspecified atom stereocenters. The number of rotatable bonds is 11. The first-order valence-corrected chi connectivity index (χ1v) is 9.35. The van der Waals surface area contributed by atoms with Crippen LogP contribution in [0.4, 0.5) is 4.79 Å². The van der Waals surface area contributed by atoms with Crippen LogP contribution in [0.2, 0.25) is 0 Å². The topological polar surface area (TPSA) is 147 Å². The monoisotopic (exact) mass is 382 g/mol. The van der Waals surface area contributed by atoms with E-state index in [-0.39, 0.29) is 18.2 Å². The van der Waals surface area contributed by atoms with Gasteiger partial charge in [-0.2, -0.15) is 0 Å². The highest BCUT2D eigenvalue weighted by Crippen LogP contribution is 2.13. The highest BCUT2D eigenvalue weighted by atomic mass is 16.5. The zero-order chi connectivity index (χ0) is 20.1. The van der Waals surface area contributed by atoms with E-state index < -0.39 is 18.1 Å². The summed E-state index contributed by atoms with van der Waals surface area (Å²) in [4.78, 5) is 38.5. The number of nitrogens with one attached hydrogen (secondary N) is 2. The molecule has 0 spiro atoms. The fourth-order valence-corrected chi connectivity index (χ4v) is 2.23. The highest BCUT2D eigenvalue weighted by Gasteiger charge is 2.36. The summed E-state index contributed by atoms with van der Waals surface area (Å²) in [5, 5.41) is 10.9. The summed E-state index contributed by atoms with van der Waals surface area (Å²) in [6.07, 6.45) is 10.4. The molecule has 27 heavy (non-hydrogen) atoms. The number of carbonyl (C=O) groups excluding carboxylic acids is 2. The van der Waals surface area contributed by atoms with E-state index in [2.05, 4.69) is 22.2 Å². The molecule has 1 aromatic heterocycles. The maximum Gasteiger partial charge on any atom is 0.407 e. The number of nitrogens with zero attached hydrogens (tertiary/aromatic N) is 1. The fourth-order valence-electron chi connectivity index (χ4n) is 2.23. The van der Waals surface area contributed by atoms with Crippen LogP contribution in [-0.2, 0) is 20.7 Å². The number of nitrogens with two attached hydrogens (primary N) is 1. The summed E-state index contributed by atoms with van der Waals surface area (Å²) >= 11 is 0. The first-order valence-electron chi connectivity index (χ1n) is 9.35. The number of H-pyrrole nitrogens is 1. The number of amides is 1. The first-order chi connectivity index (χ1) is 12.9. The Bertz CT molecular complexity index is 576. The molecule has 0 radical (unpaired) electrons. The molecule has 1 saturated carbocycles. The van der Waals surface area contributed by atoms with Gasteiger partial charge in [0.25, 0.3) is 0 Å². The van der Waals surface area contributed by atoms with E-state index in [1.165, 1.54) is 32.0 Å². The molecule has 0 bridgehead atoms. The minimum absolute atomic E-state index is 0.0940. The van der Waals surface area contributed by atoms with Crippen LogP contribution in [-0.4, -0.2) is 51.6 Å². The Morgan fingerprint density at radius 1 is 1.37 bits per heavy atom. The number of ether oxygens (including phenoxy) is 1. The number of alkyl carbamates (subject to hydrolysis) is 1. The van der Waals surface area contributed by atoms with Crippen LogP contribution < -0.4 is 11.1 Å². The van der Waals surface area contributed by atoms with Crippen LogP contribution >= 0.6 is 0 Å². The second kappa shape index (κ2) is 12.9. The minimum atomic E-state index is -1.00. The molecule has 152 valence electrons. The Kier molecular flexibility index (Phi) is 10.8. The highest BCUT2D eigenvalue weighted by molar-refractivity contribution is 6.02. The average molecular weight is 382 g/mol. The van der Waals surface area contributed by atoms with Crippen molar-refractivity contribution in [2.75, 3.05) is 6.61 Å². The quantitative estimate of drug-likeness (QED) is 0.426. The molecule has 1 aliphatic carbocycles. The lowest BCUT2D eigenvalue weighted by Crippen LogP contribution is -2.32. The van der Waals surface area contributed by atoms with Gasteiger partial charge in [0.15, 0.2) is 5.78 Å². The third-order valence-electron chi connectivity index (χ3n) is 3.97. The third kappa shape index (κ3) is 11.0. The fraction of sp³-hybridized carbons (Fsp3) is 0.667. The van der Waals surface area contributed by atoms with Gasteiger partial charge in [0.05, 0.1) is 19.0 Å². The minimum Gasteiger partial charge on any atom is -0.480 e. The van der Waals surface area contributed by atoms with E-state index in [0.717, 1.165) is 18.5 Å². The molecule has 0 aliphatic heterocycles. The van der Waals surface area contributed by atoms with Crippen LogP contribution in [0, 0.1) is 0 Å². The molecule has 1 amide bonds. The predicted octanol–water partition coefficient (Wildman–Crippen LogP) is 1.78. The van der Waals surface area contributed by atoms with E-state index in [1.54, 1.807) is 6.20 Å². The normalized spacial score (nSPS) is 16.1. The second-order valence-electron chi connectivity index (χ2n) is 6.50. The van der Waals surface area contributed by atoms with Crippen LogP contribution in [0.15, 0.2) is 12.5 Å². The van der Waals surface area contributed by atoms with Gasteiger partial charge in [-0.1, -0.05) is 39.0 Å². The van der Waals surface area contributed by atoms with Crippen molar-refractivity contribution in [2.24, 2.45) is 5.73 Å². The predicted molar refractivity (Wildman–Crippen MR) is 99.2 cm³/mol. The van der Waals surface area contributed by atoms with Crippen molar-refractivity contribution in [3.63, 3.8) is 0 Å². The van der Waals surface area contributed by atoms with Gasteiger partial charge in [-0.15, -0.1) is 0 Å². The molecule has 5 N–H and O–H groups in total. The van der Waals surface area contributed by atoms with E-state index in [4.69, 9.17) is 15.6 Å². The molecule has 1 fully saturated rings. The maximum atomic E-state index is 11.1. The number of aromatic amines is 1. The van der Waals surface area contributed by atoms with E-state index in [0.29, 0.717) is 13.0 Å². The van der Waals surface area contributed by atoms with Crippen molar-refractivity contribution in [3.8, 4) is 0 Å². The number of ketones is 1. The van der Waals surface area contributed by atoms with Crippen molar-refractivity contribution in [1.82, 2.24) is 15.3 Å². The Labute approximate surface area is 159 Å². The lowest BCUT2D eigenvalue weighted by molar-refractivity contribution is -0.138. The van der Waals surface area contributed by atoms with Gasteiger partial charge in [0.1, 0.15) is 6.04 Å². The van der Waals surface area contributed by atoms with Gasteiger partial charge in [-0.25, -0.2) is 9.78 Å². The number of carboxylic acid groups (broad SMARTS) is 1. The van der Waals surface area contributed by atoms with Gasteiger partial charge in [-0.3, -0.25) is 9.59 Å². The summed E-state index contributed by atoms with van der Waals surface area (Å²) in [7, 11) is 0. The largest absolute Gasteiger partial charge is 0.480 e. The standard InChI is InChI=1S/C12H21NO3.C6H9N3O2/c1-2-3-4-5-6-7-8-16-12(15)13-10-9-11(10)14;7-5(6(10)11)1-4-2-8-3-9-4/h10H,2-9H2,1H3,(H,13,15);2-3,5H,1,7H2,(H,8,9)(H,10,11)/t;5-/m.0/s1. The van der Waals surface area contributed by atoms with Crippen LogP contribution in [0.25, 0.3) is 0 Å². The van der Waals surface area contributed by atoms with E-state index in [9.17, 15) is 14.4 Å². The summed E-state index contributed by atoms with van der Waals surface area (Å²) < 4.78 is 4.95. The van der Waals surface area contributed by atoms with Gasteiger partial charge in [-0.05, 0) is 6.42 Å². The van der Waals surface area contributed by atoms with Crippen molar-refractivity contribution < 1.29 is 24.2 Å². The molecule has 2 atom stereocenters. The number of carbonyl (C=O) groups is 3. The number of aliphatic carboxylic acids is 1. The molecule has 1 aliphatic rings. The van der Waals surface area contributed by atoms with Crippen molar-refractivity contribution >= 4 is 17.8 Å². The summed E-state index contributed by atoms with van der Waals surface area (Å²) in [6.45, 7) is 2.64. The zero-order valence-electron chi connectivity index (χ0n) is 15.8. The number of hydrogen-bond acceptors (Lipinski definition) is 6. The number of imidazole rings is 1. The second-order valence-corrected chi connectivity index (χ2v) is 6.50. The molecule has 0 aromatic carbocycles. The Hall–Kier alpha value is -2.42. The SMILES string of the molecule is CCCCCCCCOC(=O)NC1CC1=O.N[C@@H](Cc1cnc[nH]1)C(=O)O. The Morgan fingerprint density at radius 2 is 2.04 bits per heavy atom. The molecule has 9 nitrogen and oxygen atoms in total. The number of Topliss-reactive ketones (excluding diaryl/α,β-unsaturated/α-hetero) is 1. The zero-order valence-corrected chi connectivity index (χ0v) is 15.8. The third-order valence-corrected chi connectivity index (χ3v) is 3.97. The molecular weight excluding hydrogens is 352 g/mol. The number of unbranched alkanes of at least 4 members (excludes halogenated alkanes) is 5. The number of hydrogen-bond donors (Lipinski definition) is 4. The van der Waals surface area contributed by atoms with Crippen molar-refractivity contribution in [1.29, 1.82) is 0 Å². The van der Waals surface area contributed by atoms with Gasteiger partial charge < -0.3 is 25.9 Å². The van der Waals surface area contributed by atoms with Gasteiger partial charge >= 0.3 is 12.1 Å². The smallest absolute Gasteiger partial charge is 0.407 e. The Balaban J connectivity index is 0.000000289. The Morgan fingerprint density at radius 3 is 2.59 bits per heavy atom. The number of carboxylic acids is 1. The maximum absolute atomic E-state index is 11.1. The van der Waals surface area contributed by atoms with Gasteiger partial charge in [0, 0.05) is 24.7 Å². The van der Waals surface area contributed by atoms with E-state index >= 15 is 0 Å². The lowest BCUT2D eigenvalue weighted by Gasteiger charge is -2.04. The van der Waals surface area contributed by atoms with E-state index in [1.807, 2.05) is 0 Å². The number of aromatic nitrogens is 2. The molecule has 9 heteroatoms. The summed E-state index contributed by atoms with van der Waals surface area (Å²) in [6, 6.07) is -1.12. The van der Waals surface area contributed by atoms with Gasteiger partial charge in [0.2, 0.25) is 0 Å².